The van der Waals surface area contributed by atoms with Crippen molar-refractivity contribution in [1.29, 1.82) is 0 Å². The topological polar surface area (TPSA) is 41.4 Å². The maximum absolute atomic E-state index is 13.3. The Balaban J connectivity index is 1.95. The van der Waals surface area contributed by atoms with Crippen LogP contribution in [0.1, 0.15) is 31.0 Å². The summed E-state index contributed by atoms with van der Waals surface area (Å²) in [7, 11) is 5.02. The van der Waals surface area contributed by atoms with Gasteiger partial charge in [0.15, 0.2) is 0 Å². The van der Waals surface area contributed by atoms with Crippen LogP contribution in [0.25, 0.3) is 0 Å². The predicted octanol–water partition coefficient (Wildman–Crippen LogP) is 2.01. The van der Waals surface area contributed by atoms with Gasteiger partial charge in [0.2, 0.25) is 5.91 Å². The Hall–Kier alpha value is -1.57. The molecule has 0 radical (unpaired) electrons. The first-order valence-corrected chi connectivity index (χ1v) is 7.68. The van der Waals surface area contributed by atoms with Crippen molar-refractivity contribution in [2.75, 3.05) is 27.2 Å². The second kappa shape index (κ2) is 6.90. The summed E-state index contributed by atoms with van der Waals surface area (Å²) < 4.78 is 41.2. The Labute approximate surface area is 134 Å². The van der Waals surface area contributed by atoms with Crippen molar-refractivity contribution >= 4 is 5.91 Å². The van der Waals surface area contributed by atoms with E-state index in [1.54, 1.807) is 7.05 Å². The second-order valence-corrected chi connectivity index (χ2v) is 6.22. The molecular weight excluding hydrogens is 309 g/mol. The van der Waals surface area contributed by atoms with Crippen molar-refractivity contribution in [3.8, 4) is 0 Å². The Morgan fingerprint density at radius 2 is 2.04 bits per heavy atom. The maximum atomic E-state index is 13.3. The molecule has 0 aliphatic heterocycles. The van der Waals surface area contributed by atoms with Gasteiger partial charge >= 0.3 is 6.18 Å². The molecule has 1 fully saturated rings. The smallest absolute Gasteiger partial charge is 0.344 e. The van der Waals surface area contributed by atoms with Crippen molar-refractivity contribution in [1.82, 2.24) is 19.4 Å². The van der Waals surface area contributed by atoms with Crippen molar-refractivity contribution in [2.45, 2.75) is 37.4 Å². The van der Waals surface area contributed by atoms with Crippen LogP contribution in [0.3, 0.4) is 0 Å². The number of imidazole rings is 1. The highest BCUT2D eigenvalue weighted by molar-refractivity contribution is 5.76. The van der Waals surface area contributed by atoms with Crippen LogP contribution < -0.4 is 0 Å². The summed E-state index contributed by atoms with van der Waals surface area (Å²) in [4.78, 5) is 19.5. The molecular formula is C15H23F3N4O. The van der Waals surface area contributed by atoms with Gasteiger partial charge in [0, 0.05) is 52.0 Å². The lowest BCUT2D eigenvalue weighted by Crippen LogP contribution is -2.37. The third-order valence-electron chi connectivity index (χ3n) is 4.33. The fraction of sp³-hybridized carbons (Fsp3) is 0.733. The average molecular weight is 332 g/mol. The van der Waals surface area contributed by atoms with E-state index in [9.17, 15) is 18.0 Å². The molecule has 1 amide bonds. The Morgan fingerprint density at radius 1 is 1.39 bits per heavy atom. The molecule has 1 saturated carbocycles. The highest BCUT2D eigenvalue weighted by Crippen LogP contribution is 2.36. The van der Waals surface area contributed by atoms with Gasteiger partial charge in [-0.2, -0.15) is 13.2 Å². The summed E-state index contributed by atoms with van der Waals surface area (Å²) in [5.41, 5.74) is 0. The van der Waals surface area contributed by atoms with Crippen molar-refractivity contribution in [2.24, 2.45) is 7.05 Å². The normalized spacial score (nSPS) is 16.7. The zero-order chi connectivity index (χ0) is 17.2. The minimum absolute atomic E-state index is 0.130. The van der Waals surface area contributed by atoms with Crippen LogP contribution in [0.15, 0.2) is 12.4 Å². The highest BCUT2D eigenvalue weighted by Gasteiger charge is 2.44. The van der Waals surface area contributed by atoms with E-state index in [2.05, 4.69) is 9.88 Å². The zero-order valence-electron chi connectivity index (χ0n) is 13.7. The molecule has 0 saturated heterocycles. The van der Waals surface area contributed by atoms with Crippen LogP contribution >= 0.6 is 0 Å². The van der Waals surface area contributed by atoms with Gasteiger partial charge in [-0.25, -0.2) is 4.98 Å². The Morgan fingerprint density at radius 3 is 2.52 bits per heavy atom. The Kier molecular flexibility index (Phi) is 5.33. The molecule has 0 N–H and O–H groups in total. The summed E-state index contributed by atoms with van der Waals surface area (Å²) in [6.07, 6.45) is -0.0366. The molecule has 1 aliphatic rings. The molecule has 0 aromatic carbocycles. The lowest BCUT2D eigenvalue weighted by Gasteiger charge is -2.25. The number of hydrogen-bond donors (Lipinski definition) is 0. The lowest BCUT2D eigenvalue weighted by molar-refractivity contribution is -0.161. The Bertz CT molecular complexity index is 539. The van der Waals surface area contributed by atoms with Crippen LogP contribution in [0, 0.1) is 0 Å². The SMILES string of the molecule is CN(CCN(C)C1CC1)C(=O)C[C@H](c1nccn1C)C(F)(F)F. The van der Waals surface area contributed by atoms with E-state index in [1.165, 1.54) is 28.9 Å². The van der Waals surface area contributed by atoms with Gasteiger partial charge in [-0.1, -0.05) is 0 Å². The van der Waals surface area contributed by atoms with E-state index in [4.69, 9.17) is 0 Å². The van der Waals surface area contributed by atoms with Crippen LogP contribution in [0.5, 0.6) is 0 Å². The van der Waals surface area contributed by atoms with E-state index in [0.29, 0.717) is 19.1 Å². The summed E-state index contributed by atoms with van der Waals surface area (Å²) in [6.45, 7) is 1.10. The van der Waals surface area contributed by atoms with Crippen LogP contribution in [0.2, 0.25) is 0 Å². The standard InChI is InChI=1S/C15H23F3N4O/c1-20(11-4-5-11)8-9-21(2)13(23)10-12(15(16,17)18)14-19-6-7-22(14)3/h6-7,11-12H,4-5,8-10H2,1-3H3/t12-/m1/s1. The van der Waals surface area contributed by atoms with Gasteiger partial charge < -0.3 is 14.4 Å². The minimum Gasteiger partial charge on any atom is -0.344 e. The van der Waals surface area contributed by atoms with Crippen LogP contribution in [0.4, 0.5) is 13.2 Å². The molecule has 1 aromatic rings. The van der Waals surface area contributed by atoms with Gasteiger partial charge in [0.1, 0.15) is 11.7 Å². The van der Waals surface area contributed by atoms with Crippen molar-refractivity contribution < 1.29 is 18.0 Å². The lowest BCUT2D eigenvalue weighted by atomic mass is 10.0. The number of amides is 1. The van der Waals surface area contributed by atoms with E-state index in [-0.39, 0.29) is 5.82 Å². The fourth-order valence-corrected chi connectivity index (χ4v) is 2.53. The van der Waals surface area contributed by atoms with Crippen LogP contribution in [-0.2, 0) is 11.8 Å². The predicted molar refractivity (Wildman–Crippen MR) is 79.9 cm³/mol. The summed E-state index contributed by atoms with van der Waals surface area (Å²) >= 11 is 0. The van der Waals surface area contributed by atoms with Gasteiger partial charge in [-0.05, 0) is 19.9 Å². The number of carbonyl (C=O) groups is 1. The molecule has 0 spiro atoms. The summed E-state index contributed by atoms with van der Waals surface area (Å²) in [5, 5.41) is 0. The summed E-state index contributed by atoms with van der Waals surface area (Å²) in [5.74, 6) is -2.52. The molecule has 1 heterocycles. The molecule has 8 heteroatoms. The fourth-order valence-electron chi connectivity index (χ4n) is 2.53. The number of likely N-dealkylation sites (N-methyl/N-ethyl adjacent to an activating group) is 2. The molecule has 130 valence electrons. The first-order valence-electron chi connectivity index (χ1n) is 7.68. The quantitative estimate of drug-likeness (QED) is 0.767. The third-order valence-corrected chi connectivity index (χ3v) is 4.33. The molecule has 23 heavy (non-hydrogen) atoms. The second-order valence-electron chi connectivity index (χ2n) is 6.22. The van der Waals surface area contributed by atoms with E-state index < -0.39 is 24.4 Å². The number of halogens is 3. The molecule has 1 aromatic heterocycles. The van der Waals surface area contributed by atoms with E-state index >= 15 is 0 Å². The number of carbonyl (C=O) groups excluding carboxylic acids is 1. The zero-order valence-corrected chi connectivity index (χ0v) is 13.7. The molecule has 1 aliphatic carbocycles. The largest absolute Gasteiger partial charge is 0.399 e. The molecule has 5 nitrogen and oxygen atoms in total. The minimum atomic E-state index is -4.50. The van der Waals surface area contributed by atoms with Gasteiger partial charge in [0.05, 0.1) is 0 Å². The summed E-state index contributed by atoms with van der Waals surface area (Å²) in [6, 6.07) is 0.564. The first kappa shape index (κ1) is 17.8. The van der Waals surface area contributed by atoms with Crippen molar-refractivity contribution in [3.63, 3.8) is 0 Å². The number of nitrogens with zero attached hydrogens (tertiary/aromatic N) is 4. The van der Waals surface area contributed by atoms with E-state index in [1.807, 2.05) is 7.05 Å². The number of aromatic nitrogens is 2. The number of alkyl halides is 3. The monoisotopic (exact) mass is 332 g/mol. The third kappa shape index (κ3) is 4.70. The molecule has 2 rings (SSSR count). The highest BCUT2D eigenvalue weighted by atomic mass is 19.4. The van der Waals surface area contributed by atoms with Gasteiger partial charge in [-0.15, -0.1) is 0 Å². The van der Waals surface area contributed by atoms with E-state index in [0.717, 1.165) is 12.8 Å². The van der Waals surface area contributed by atoms with Crippen LogP contribution in [-0.4, -0.2) is 64.7 Å². The first-order chi connectivity index (χ1) is 10.7. The molecule has 1 atom stereocenters. The number of aryl methyl sites for hydroxylation is 1. The van der Waals surface area contributed by atoms with Crippen molar-refractivity contribution in [3.05, 3.63) is 18.2 Å². The van der Waals surface area contributed by atoms with Gasteiger partial charge in [-0.3, -0.25) is 4.79 Å². The van der Waals surface area contributed by atoms with Gasteiger partial charge in [0.25, 0.3) is 0 Å². The molecule has 0 unspecified atom stereocenters. The number of rotatable bonds is 7. The number of hydrogen-bond acceptors (Lipinski definition) is 3. The maximum Gasteiger partial charge on any atom is 0.399 e. The average Bonchev–Trinajstić information content (AvgIpc) is 3.23. The molecule has 0 bridgehead atoms.